The lowest BCUT2D eigenvalue weighted by molar-refractivity contribution is -0.137. The van der Waals surface area contributed by atoms with Gasteiger partial charge in [-0.25, -0.2) is 0 Å². The molecular weight excluding hydrogens is 245 g/mol. The van der Waals surface area contributed by atoms with Crippen molar-refractivity contribution in [2.75, 3.05) is 7.11 Å². The topological polar surface area (TPSA) is 26.3 Å². The number of Topliss-reactive ketones (excluding diaryl/α,β-unsaturated/α-hetero) is 1. The molecule has 0 spiro atoms. The zero-order valence-electron chi connectivity index (χ0n) is 10.1. The van der Waals surface area contributed by atoms with Gasteiger partial charge in [0.1, 0.15) is 11.5 Å². The Morgan fingerprint density at radius 2 is 1.83 bits per heavy atom. The van der Waals surface area contributed by atoms with Crippen LogP contribution in [0.2, 0.25) is 0 Å². The van der Waals surface area contributed by atoms with Crippen LogP contribution in [0.3, 0.4) is 0 Å². The van der Waals surface area contributed by atoms with Crippen LogP contribution in [0.5, 0.6) is 5.75 Å². The molecule has 0 aromatic heterocycles. The first kappa shape index (κ1) is 14.5. The van der Waals surface area contributed by atoms with E-state index in [1.807, 2.05) is 0 Å². The van der Waals surface area contributed by atoms with Crippen molar-refractivity contribution in [2.24, 2.45) is 0 Å². The number of hydrogen-bond acceptors (Lipinski definition) is 2. The molecule has 0 fully saturated rings. The van der Waals surface area contributed by atoms with E-state index in [0.29, 0.717) is 5.75 Å². The molecule has 0 saturated carbocycles. The highest BCUT2D eigenvalue weighted by Crippen LogP contribution is 2.22. The Balaban J connectivity index is 2.35. The summed E-state index contributed by atoms with van der Waals surface area (Å²) >= 11 is 0. The van der Waals surface area contributed by atoms with Crippen molar-refractivity contribution in [2.45, 2.75) is 31.9 Å². The number of ether oxygens (including phenoxy) is 1. The van der Waals surface area contributed by atoms with Crippen LogP contribution in [0.4, 0.5) is 13.2 Å². The standard InChI is InChI=1S/C13H15F3O2/c1-18-12-6-4-10(5-7-12)9-11(17)3-2-8-13(14,15)16/h4-7H,2-3,8-9H2,1H3. The van der Waals surface area contributed by atoms with Crippen molar-refractivity contribution >= 4 is 5.78 Å². The molecule has 0 aliphatic rings. The summed E-state index contributed by atoms with van der Waals surface area (Å²) in [5.41, 5.74) is 0.785. The van der Waals surface area contributed by atoms with Gasteiger partial charge in [-0.1, -0.05) is 12.1 Å². The SMILES string of the molecule is COc1ccc(CC(=O)CCCC(F)(F)F)cc1. The predicted molar refractivity (Wildman–Crippen MR) is 61.6 cm³/mol. The van der Waals surface area contributed by atoms with E-state index in [9.17, 15) is 18.0 Å². The first-order valence-electron chi connectivity index (χ1n) is 5.62. The summed E-state index contributed by atoms with van der Waals surface area (Å²) in [6, 6.07) is 6.91. The predicted octanol–water partition coefficient (Wildman–Crippen LogP) is 3.54. The van der Waals surface area contributed by atoms with Gasteiger partial charge in [0, 0.05) is 19.3 Å². The van der Waals surface area contributed by atoms with Gasteiger partial charge in [-0.05, 0) is 24.1 Å². The van der Waals surface area contributed by atoms with Crippen molar-refractivity contribution in [3.63, 3.8) is 0 Å². The van der Waals surface area contributed by atoms with E-state index in [1.165, 1.54) is 7.11 Å². The number of rotatable bonds is 6. The Hall–Kier alpha value is -1.52. The number of carbonyl (C=O) groups is 1. The van der Waals surface area contributed by atoms with Gasteiger partial charge in [0.25, 0.3) is 0 Å². The van der Waals surface area contributed by atoms with Gasteiger partial charge in [0.2, 0.25) is 0 Å². The maximum atomic E-state index is 11.9. The zero-order valence-corrected chi connectivity index (χ0v) is 10.1. The van der Waals surface area contributed by atoms with Gasteiger partial charge in [0.15, 0.2) is 0 Å². The highest BCUT2D eigenvalue weighted by molar-refractivity contribution is 5.80. The normalized spacial score (nSPS) is 11.3. The Bertz CT molecular complexity index is 382. The van der Waals surface area contributed by atoms with E-state index in [2.05, 4.69) is 0 Å². The maximum absolute atomic E-state index is 11.9. The van der Waals surface area contributed by atoms with E-state index < -0.39 is 12.6 Å². The third-order valence-corrected chi connectivity index (χ3v) is 2.48. The minimum atomic E-state index is -4.18. The first-order valence-corrected chi connectivity index (χ1v) is 5.62. The van der Waals surface area contributed by atoms with Crippen molar-refractivity contribution in [1.29, 1.82) is 0 Å². The fraction of sp³-hybridized carbons (Fsp3) is 0.462. The summed E-state index contributed by atoms with van der Waals surface area (Å²) in [7, 11) is 1.54. The third kappa shape index (κ3) is 5.70. The number of alkyl halides is 3. The Morgan fingerprint density at radius 1 is 1.22 bits per heavy atom. The summed E-state index contributed by atoms with van der Waals surface area (Å²) in [6.07, 6.45) is -5.09. The van der Waals surface area contributed by atoms with E-state index in [0.717, 1.165) is 5.56 Å². The smallest absolute Gasteiger partial charge is 0.389 e. The minimum absolute atomic E-state index is 0.0362. The van der Waals surface area contributed by atoms with Crippen LogP contribution in [0, 0.1) is 0 Å². The fourth-order valence-corrected chi connectivity index (χ4v) is 1.55. The van der Waals surface area contributed by atoms with Crippen LogP contribution in [0.15, 0.2) is 24.3 Å². The molecule has 18 heavy (non-hydrogen) atoms. The molecule has 0 N–H and O–H groups in total. The molecule has 2 nitrogen and oxygen atoms in total. The number of methoxy groups -OCH3 is 1. The molecule has 1 aromatic rings. The largest absolute Gasteiger partial charge is 0.497 e. The molecular formula is C13H15F3O2. The van der Waals surface area contributed by atoms with Crippen molar-refractivity contribution in [3.8, 4) is 5.75 Å². The average Bonchev–Trinajstić information content (AvgIpc) is 2.28. The third-order valence-electron chi connectivity index (χ3n) is 2.48. The molecule has 0 aliphatic heterocycles. The summed E-state index contributed by atoms with van der Waals surface area (Å²) < 4.78 is 40.6. The number of benzene rings is 1. The second-order valence-corrected chi connectivity index (χ2v) is 4.03. The van der Waals surface area contributed by atoms with Crippen LogP contribution < -0.4 is 4.74 Å². The molecule has 5 heteroatoms. The summed E-state index contributed by atoms with van der Waals surface area (Å²) in [5.74, 6) is 0.507. The van der Waals surface area contributed by atoms with Gasteiger partial charge in [-0.3, -0.25) is 4.79 Å². The summed E-state index contributed by atoms with van der Waals surface area (Å²) in [6.45, 7) is 0. The van der Waals surface area contributed by atoms with Crippen molar-refractivity contribution in [1.82, 2.24) is 0 Å². The number of hydrogen-bond donors (Lipinski definition) is 0. The summed E-state index contributed by atoms with van der Waals surface area (Å²) in [4.78, 5) is 11.5. The van der Waals surface area contributed by atoms with E-state index in [4.69, 9.17) is 4.74 Å². The highest BCUT2D eigenvalue weighted by Gasteiger charge is 2.26. The molecule has 0 saturated heterocycles. The van der Waals surface area contributed by atoms with Crippen LogP contribution in [-0.4, -0.2) is 19.1 Å². The Kier molecular flexibility index (Phi) is 5.19. The van der Waals surface area contributed by atoms with Crippen LogP contribution in [-0.2, 0) is 11.2 Å². The molecule has 0 unspecified atom stereocenters. The van der Waals surface area contributed by atoms with E-state index in [-0.39, 0.29) is 25.0 Å². The van der Waals surface area contributed by atoms with Crippen LogP contribution >= 0.6 is 0 Å². The van der Waals surface area contributed by atoms with Crippen molar-refractivity contribution < 1.29 is 22.7 Å². The quantitative estimate of drug-likeness (QED) is 0.782. The zero-order chi connectivity index (χ0) is 13.6. The van der Waals surface area contributed by atoms with Crippen LogP contribution in [0.1, 0.15) is 24.8 Å². The molecule has 0 atom stereocenters. The molecule has 0 bridgehead atoms. The van der Waals surface area contributed by atoms with E-state index >= 15 is 0 Å². The Labute approximate surface area is 104 Å². The summed E-state index contributed by atoms with van der Waals surface area (Å²) in [5, 5.41) is 0. The van der Waals surface area contributed by atoms with Gasteiger partial charge in [0.05, 0.1) is 7.11 Å². The second-order valence-electron chi connectivity index (χ2n) is 4.03. The van der Waals surface area contributed by atoms with Gasteiger partial charge in [-0.15, -0.1) is 0 Å². The lowest BCUT2D eigenvalue weighted by atomic mass is 10.0. The first-order chi connectivity index (χ1) is 8.40. The van der Waals surface area contributed by atoms with E-state index in [1.54, 1.807) is 24.3 Å². The minimum Gasteiger partial charge on any atom is -0.497 e. The molecule has 0 radical (unpaired) electrons. The molecule has 100 valence electrons. The molecule has 0 amide bonds. The highest BCUT2D eigenvalue weighted by atomic mass is 19.4. The van der Waals surface area contributed by atoms with Crippen LogP contribution in [0.25, 0.3) is 0 Å². The van der Waals surface area contributed by atoms with Gasteiger partial charge < -0.3 is 4.74 Å². The lowest BCUT2D eigenvalue weighted by Crippen LogP contribution is -2.09. The number of ketones is 1. The average molecular weight is 260 g/mol. The second kappa shape index (κ2) is 6.42. The van der Waals surface area contributed by atoms with Gasteiger partial charge in [-0.2, -0.15) is 13.2 Å². The van der Waals surface area contributed by atoms with Crippen molar-refractivity contribution in [3.05, 3.63) is 29.8 Å². The van der Waals surface area contributed by atoms with Gasteiger partial charge >= 0.3 is 6.18 Å². The maximum Gasteiger partial charge on any atom is 0.389 e. The monoisotopic (exact) mass is 260 g/mol. The fourth-order valence-electron chi connectivity index (χ4n) is 1.55. The molecule has 0 aliphatic carbocycles. The molecule has 0 heterocycles. The lowest BCUT2D eigenvalue weighted by Gasteiger charge is -2.06. The number of halogens is 3. The number of carbonyl (C=O) groups excluding carboxylic acids is 1. The molecule has 1 rings (SSSR count). The Morgan fingerprint density at radius 3 is 2.33 bits per heavy atom. The molecule has 1 aromatic carbocycles.